The maximum Gasteiger partial charge on any atom is 0.275 e. The molecule has 11 heteroatoms. The summed E-state index contributed by atoms with van der Waals surface area (Å²) in [4.78, 5) is 19.9. The molecular formula is C20H25N5O4S2. The number of hydrogen-bond acceptors (Lipinski definition) is 8. The fourth-order valence-electron chi connectivity index (χ4n) is 3.59. The van der Waals surface area contributed by atoms with Crippen LogP contribution in [0.4, 0.5) is 0 Å². The first-order valence-corrected chi connectivity index (χ1v) is 12.6. The molecule has 166 valence electrons. The third-order valence-electron chi connectivity index (χ3n) is 5.19. The topological polar surface area (TPSA) is 97.1 Å². The number of nitrogens with zero attached hydrogens (tertiary/aromatic N) is 5. The molecule has 1 aliphatic rings. The molecule has 1 aromatic carbocycles. The van der Waals surface area contributed by atoms with Crippen molar-refractivity contribution < 1.29 is 13.2 Å². The Hall–Kier alpha value is -2.34. The van der Waals surface area contributed by atoms with Gasteiger partial charge in [-0.25, -0.2) is 13.4 Å². The minimum atomic E-state index is -3.17. The zero-order chi connectivity index (χ0) is 22.0. The van der Waals surface area contributed by atoms with Gasteiger partial charge in [-0.05, 0) is 18.6 Å². The van der Waals surface area contributed by atoms with Crippen molar-refractivity contribution in [1.29, 1.82) is 0 Å². The number of ether oxygens (including phenoxy) is 1. The van der Waals surface area contributed by atoms with Crippen LogP contribution >= 0.6 is 11.3 Å². The average Bonchev–Trinajstić information content (AvgIpc) is 3.19. The summed E-state index contributed by atoms with van der Waals surface area (Å²) in [5.41, 5.74) is 1.30. The van der Waals surface area contributed by atoms with Crippen LogP contribution in [0.15, 0.2) is 35.1 Å². The highest BCUT2D eigenvalue weighted by Gasteiger charge is 2.26. The van der Waals surface area contributed by atoms with Crippen molar-refractivity contribution in [2.75, 3.05) is 39.0 Å². The van der Waals surface area contributed by atoms with Gasteiger partial charge in [0, 0.05) is 44.4 Å². The van der Waals surface area contributed by atoms with Crippen LogP contribution in [0.1, 0.15) is 19.0 Å². The van der Waals surface area contributed by atoms with Gasteiger partial charge in [0.1, 0.15) is 10.8 Å². The maximum atomic E-state index is 12.6. The third-order valence-corrected chi connectivity index (χ3v) is 8.22. The first-order valence-electron chi connectivity index (χ1n) is 10.1. The lowest BCUT2D eigenvalue weighted by Gasteiger charge is -2.33. The summed E-state index contributed by atoms with van der Waals surface area (Å²) < 4.78 is 32.6. The average molecular weight is 464 g/mol. The highest BCUT2D eigenvalue weighted by molar-refractivity contribution is 7.89. The lowest BCUT2D eigenvalue weighted by Crippen LogP contribution is -2.48. The molecule has 1 fully saturated rings. The quantitative estimate of drug-likeness (QED) is 0.526. The molecule has 0 N–H and O–H groups in total. The lowest BCUT2D eigenvalue weighted by molar-refractivity contribution is 0.180. The van der Waals surface area contributed by atoms with Crippen LogP contribution in [0.2, 0.25) is 0 Å². The molecule has 0 aliphatic carbocycles. The van der Waals surface area contributed by atoms with Crippen molar-refractivity contribution in [3.8, 4) is 16.3 Å². The zero-order valence-electron chi connectivity index (χ0n) is 17.5. The summed E-state index contributed by atoms with van der Waals surface area (Å²) in [5, 5.41) is 5.11. The van der Waals surface area contributed by atoms with Gasteiger partial charge in [-0.1, -0.05) is 30.4 Å². The molecule has 0 saturated carbocycles. The van der Waals surface area contributed by atoms with E-state index in [1.54, 1.807) is 11.4 Å². The van der Waals surface area contributed by atoms with Crippen LogP contribution in [0.25, 0.3) is 15.5 Å². The van der Waals surface area contributed by atoms with Crippen LogP contribution in [-0.4, -0.2) is 71.3 Å². The number of benzene rings is 1. The summed E-state index contributed by atoms with van der Waals surface area (Å²) in [5.74, 6) is 0.904. The Morgan fingerprint density at radius 3 is 2.65 bits per heavy atom. The third kappa shape index (κ3) is 4.79. The van der Waals surface area contributed by atoms with Crippen LogP contribution in [-0.2, 0) is 16.6 Å². The number of hydrogen-bond donors (Lipinski definition) is 0. The van der Waals surface area contributed by atoms with E-state index in [1.807, 2.05) is 31.2 Å². The molecular weight excluding hydrogens is 438 g/mol. The van der Waals surface area contributed by atoms with Crippen molar-refractivity contribution in [2.45, 2.75) is 19.9 Å². The van der Waals surface area contributed by atoms with Gasteiger partial charge in [0.2, 0.25) is 15.0 Å². The van der Waals surface area contributed by atoms with Crippen LogP contribution in [0, 0.1) is 0 Å². The predicted molar refractivity (Wildman–Crippen MR) is 120 cm³/mol. The van der Waals surface area contributed by atoms with Crippen molar-refractivity contribution in [2.24, 2.45) is 0 Å². The molecule has 0 radical (unpaired) electrons. The smallest absolute Gasteiger partial charge is 0.275 e. The fourth-order valence-corrected chi connectivity index (χ4v) is 6.01. The zero-order valence-corrected chi connectivity index (χ0v) is 19.2. The van der Waals surface area contributed by atoms with Crippen molar-refractivity contribution in [3.05, 3.63) is 46.4 Å². The Bertz CT molecular complexity index is 1230. The minimum absolute atomic E-state index is 0.184. The normalized spacial score (nSPS) is 16.1. The number of methoxy groups -OCH3 is 1. The van der Waals surface area contributed by atoms with Gasteiger partial charge in [0.25, 0.3) is 5.56 Å². The van der Waals surface area contributed by atoms with Gasteiger partial charge in [-0.15, -0.1) is 0 Å². The predicted octanol–water partition coefficient (Wildman–Crippen LogP) is 1.68. The van der Waals surface area contributed by atoms with Crippen LogP contribution < -0.4 is 10.3 Å². The molecule has 1 aliphatic heterocycles. The van der Waals surface area contributed by atoms with E-state index in [1.165, 1.54) is 21.9 Å². The summed E-state index contributed by atoms with van der Waals surface area (Å²) in [6.07, 6.45) is 0.614. The van der Waals surface area contributed by atoms with E-state index in [4.69, 9.17) is 4.74 Å². The number of sulfonamides is 1. The van der Waals surface area contributed by atoms with Gasteiger partial charge in [0.05, 0.1) is 18.6 Å². The Labute approximate surface area is 184 Å². The van der Waals surface area contributed by atoms with E-state index >= 15 is 0 Å². The lowest BCUT2D eigenvalue weighted by atomic mass is 10.2. The van der Waals surface area contributed by atoms with Crippen molar-refractivity contribution in [3.63, 3.8) is 0 Å². The molecule has 2 aromatic heterocycles. The Balaban J connectivity index is 1.50. The highest BCUT2D eigenvalue weighted by atomic mass is 32.2. The number of aromatic nitrogens is 3. The first kappa shape index (κ1) is 21.9. The molecule has 0 amide bonds. The Morgan fingerprint density at radius 2 is 1.94 bits per heavy atom. The van der Waals surface area contributed by atoms with Crippen LogP contribution in [0.5, 0.6) is 5.75 Å². The van der Waals surface area contributed by atoms with Crippen molar-refractivity contribution in [1.82, 2.24) is 23.8 Å². The van der Waals surface area contributed by atoms with Gasteiger partial charge in [-0.2, -0.15) is 13.9 Å². The molecule has 0 atom stereocenters. The van der Waals surface area contributed by atoms with E-state index in [0.717, 1.165) is 11.3 Å². The molecule has 3 aromatic rings. The monoisotopic (exact) mass is 463 g/mol. The molecule has 9 nitrogen and oxygen atoms in total. The molecule has 0 bridgehead atoms. The summed E-state index contributed by atoms with van der Waals surface area (Å²) in [6.45, 7) is 4.52. The minimum Gasteiger partial charge on any atom is -0.497 e. The Morgan fingerprint density at radius 1 is 1.16 bits per heavy atom. The molecule has 4 rings (SSSR count). The second-order valence-electron chi connectivity index (χ2n) is 7.41. The molecule has 0 unspecified atom stereocenters. The largest absolute Gasteiger partial charge is 0.497 e. The molecule has 3 heterocycles. The maximum absolute atomic E-state index is 12.6. The number of fused-ring (bicyclic) bond motifs is 1. The van der Waals surface area contributed by atoms with E-state index in [9.17, 15) is 13.2 Å². The number of piperazine rings is 1. The van der Waals surface area contributed by atoms with Gasteiger partial charge >= 0.3 is 0 Å². The van der Waals surface area contributed by atoms with E-state index in [-0.39, 0.29) is 11.3 Å². The Kier molecular flexibility index (Phi) is 6.37. The SMILES string of the molecule is CCCS(=O)(=O)N1CCN(Cc2cc(=O)n3nc(-c4cccc(OC)c4)sc3n2)CC1. The molecule has 31 heavy (non-hydrogen) atoms. The number of rotatable bonds is 7. The second kappa shape index (κ2) is 9.03. The molecule has 1 saturated heterocycles. The van der Waals surface area contributed by atoms with E-state index in [0.29, 0.717) is 54.8 Å². The van der Waals surface area contributed by atoms with Gasteiger partial charge in [-0.3, -0.25) is 9.69 Å². The van der Waals surface area contributed by atoms with E-state index in [2.05, 4.69) is 15.0 Å². The van der Waals surface area contributed by atoms with E-state index < -0.39 is 10.0 Å². The van der Waals surface area contributed by atoms with Crippen LogP contribution in [0.3, 0.4) is 0 Å². The fraction of sp³-hybridized carbons (Fsp3) is 0.450. The van der Waals surface area contributed by atoms with Gasteiger partial charge < -0.3 is 4.74 Å². The summed E-state index contributed by atoms with van der Waals surface area (Å²) in [6, 6.07) is 9.02. The standard InChI is InChI=1S/C20H25N5O4S2/c1-3-11-31(27,28)24-9-7-23(8-10-24)14-16-13-18(26)25-20(21-16)30-19(22-25)15-5-4-6-17(12-15)29-2/h4-6,12-13H,3,7-11,14H2,1-2H3. The van der Waals surface area contributed by atoms with Gasteiger partial charge in [0.15, 0.2) is 0 Å². The summed E-state index contributed by atoms with van der Waals surface area (Å²) >= 11 is 1.35. The second-order valence-corrected chi connectivity index (χ2v) is 10.5. The van der Waals surface area contributed by atoms with Crippen molar-refractivity contribution >= 4 is 26.3 Å². The highest BCUT2D eigenvalue weighted by Crippen LogP contribution is 2.27. The molecule has 0 spiro atoms. The first-order chi connectivity index (χ1) is 14.9. The summed E-state index contributed by atoms with van der Waals surface area (Å²) in [7, 11) is -1.57.